The molecule has 226 valence electrons. The molecule has 2 aliphatic carbocycles. The Bertz CT molecular complexity index is 1310. The Morgan fingerprint density at radius 1 is 1.26 bits per heavy atom. The molecule has 1 spiro atoms. The van der Waals surface area contributed by atoms with Crippen molar-refractivity contribution in [2.24, 2.45) is 28.2 Å². The fraction of sp³-hybridized carbons (Fsp3) is 0.600. The Balaban J connectivity index is 1.29. The number of hydrogen-bond acceptors (Lipinski definition) is 5. The molecule has 4 unspecified atom stereocenters. The number of nitrogens with zero attached hydrogens (tertiary/aromatic N) is 3. The number of halogens is 1. The molecule has 1 aromatic carbocycles. The van der Waals surface area contributed by atoms with Crippen LogP contribution in [0.1, 0.15) is 65.4 Å². The van der Waals surface area contributed by atoms with Gasteiger partial charge in [-0.2, -0.15) is 0 Å². The molecule has 3 fully saturated rings. The predicted octanol–water partition coefficient (Wildman–Crippen LogP) is 6.20. The van der Waals surface area contributed by atoms with Crippen LogP contribution in [-0.2, 0) is 16.1 Å². The first-order valence-electron chi connectivity index (χ1n) is 15.9. The largest absolute Gasteiger partial charge is 0.492 e. The number of rotatable bonds is 7. The maximum Gasteiger partial charge on any atom is 0.225 e. The first-order chi connectivity index (χ1) is 20.1. The Labute approximate surface area is 256 Å². The molecule has 2 saturated heterocycles. The predicted molar refractivity (Wildman–Crippen MR) is 168 cm³/mol. The Morgan fingerprint density at radius 3 is 2.74 bits per heavy atom. The summed E-state index contributed by atoms with van der Waals surface area (Å²) in [4.78, 5) is 23.5. The van der Waals surface area contributed by atoms with Crippen molar-refractivity contribution in [3.05, 3.63) is 70.5 Å². The maximum absolute atomic E-state index is 13.7. The zero-order valence-corrected chi connectivity index (χ0v) is 26.3. The Kier molecular flexibility index (Phi) is 8.18. The molecule has 1 amide bonds. The summed E-state index contributed by atoms with van der Waals surface area (Å²) in [5.74, 6) is 1.70. The van der Waals surface area contributed by atoms with Gasteiger partial charge in [-0.25, -0.2) is 0 Å². The highest BCUT2D eigenvalue weighted by atomic mass is 35.5. The van der Waals surface area contributed by atoms with Gasteiger partial charge in [0.1, 0.15) is 12.4 Å². The molecular weight excluding hydrogens is 546 g/mol. The van der Waals surface area contributed by atoms with E-state index in [-0.39, 0.29) is 35.1 Å². The van der Waals surface area contributed by atoms with Gasteiger partial charge in [-0.15, -0.1) is 0 Å². The van der Waals surface area contributed by atoms with Crippen LogP contribution >= 0.6 is 11.6 Å². The summed E-state index contributed by atoms with van der Waals surface area (Å²) in [7, 11) is 0. The molecule has 0 aromatic heterocycles. The van der Waals surface area contributed by atoms with Crippen LogP contribution < -0.4 is 0 Å². The van der Waals surface area contributed by atoms with Crippen molar-refractivity contribution in [2.45, 2.75) is 84.0 Å². The van der Waals surface area contributed by atoms with Crippen LogP contribution in [0.4, 0.5) is 0 Å². The fourth-order valence-corrected chi connectivity index (χ4v) is 8.28. The van der Waals surface area contributed by atoms with Gasteiger partial charge in [-0.05, 0) is 75.3 Å². The third-order valence-corrected chi connectivity index (χ3v) is 11.1. The standard InChI is InChI=1S/C35H46ClN3O3/c1-5-23(2)33(40)39(20-24-8-11-26(36)12-9-24)27-15-18-38(21-27)32-14-16-35(32)28-7-6-17-37-30(28)22-42-31-13-10-25(19-29(31)35)34(3,4)41/h6-13,23,27-29,32,41H,5,14-22H2,1-4H3/t23?,27?,28?,29-,32?,35-/m1/s1. The zero-order valence-electron chi connectivity index (χ0n) is 25.6. The molecule has 1 saturated carbocycles. The van der Waals surface area contributed by atoms with Gasteiger partial charge >= 0.3 is 0 Å². The lowest BCUT2D eigenvalue weighted by molar-refractivity contribution is -0.138. The molecule has 6 atom stereocenters. The van der Waals surface area contributed by atoms with Gasteiger partial charge in [0.05, 0.1) is 17.9 Å². The molecular formula is C35H46ClN3O3. The van der Waals surface area contributed by atoms with E-state index in [9.17, 15) is 9.90 Å². The van der Waals surface area contributed by atoms with E-state index in [2.05, 4.69) is 48.0 Å². The number of likely N-dealkylation sites (tertiary alicyclic amines) is 1. The molecule has 3 aliphatic heterocycles. The molecule has 5 aliphatic rings. The molecule has 0 radical (unpaired) electrons. The minimum absolute atomic E-state index is 0.00600. The highest BCUT2D eigenvalue weighted by Crippen LogP contribution is 2.62. The number of ether oxygens (including phenoxy) is 1. The molecule has 0 bridgehead atoms. The average Bonchev–Trinajstić information content (AvgIpc) is 3.37. The molecule has 7 heteroatoms. The van der Waals surface area contributed by atoms with Crippen LogP contribution in [0.25, 0.3) is 0 Å². The van der Waals surface area contributed by atoms with E-state index in [4.69, 9.17) is 21.3 Å². The van der Waals surface area contributed by atoms with E-state index in [1.54, 1.807) is 0 Å². The van der Waals surface area contributed by atoms with E-state index in [0.717, 1.165) is 74.3 Å². The second kappa shape index (κ2) is 11.6. The first kappa shape index (κ1) is 29.7. The zero-order chi connectivity index (χ0) is 29.6. The summed E-state index contributed by atoms with van der Waals surface area (Å²) in [6.07, 6.45) is 13.7. The average molecular weight is 592 g/mol. The van der Waals surface area contributed by atoms with Crippen molar-refractivity contribution in [3.63, 3.8) is 0 Å². The Morgan fingerprint density at radius 2 is 2.05 bits per heavy atom. The lowest BCUT2D eigenvalue weighted by Gasteiger charge is -2.60. The molecule has 3 heterocycles. The first-order valence-corrected chi connectivity index (χ1v) is 16.2. The summed E-state index contributed by atoms with van der Waals surface area (Å²) in [5.41, 5.74) is 2.43. The lowest BCUT2D eigenvalue weighted by atomic mass is 9.48. The topological polar surface area (TPSA) is 65.4 Å². The Hall–Kier alpha value is -2.41. The highest BCUT2D eigenvalue weighted by Gasteiger charge is 2.62. The molecule has 1 aromatic rings. The number of dihydropyridines is 1. The van der Waals surface area contributed by atoms with E-state index in [0.29, 0.717) is 24.2 Å². The van der Waals surface area contributed by atoms with Gasteiger partial charge < -0.3 is 14.7 Å². The van der Waals surface area contributed by atoms with Gasteiger partial charge in [-0.3, -0.25) is 14.7 Å². The van der Waals surface area contributed by atoms with Crippen LogP contribution in [0, 0.1) is 23.2 Å². The van der Waals surface area contributed by atoms with Gasteiger partial charge in [0, 0.05) is 59.9 Å². The van der Waals surface area contributed by atoms with Gasteiger partial charge in [0.2, 0.25) is 5.91 Å². The summed E-state index contributed by atoms with van der Waals surface area (Å²) in [6.45, 7) is 11.7. The number of carbonyl (C=O) groups excluding carboxylic acids is 1. The smallest absolute Gasteiger partial charge is 0.225 e. The fourth-order valence-electron chi connectivity index (χ4n) is 8.16. The summed E-state index contributed by atoms with van der Waals surface area (Å²) >= 11 is 6.17. The van der Waals surface area contributed by atoms with Crippen molar-refractivity contribution < 1.29 is 14.6 Å². The normalized spacial score (nSPS) is 31.5. The quantitative estimate of drug-likeness (QED) is 0.384. The molecule has 6 nitrogen and oxygen atoms in total. The highest BCUT2D eigenvalue weighted by molar-refractivity contribution is 6.30. The van der Waals surface area contributed by atoms with Gasteiger partial charge in [0.15, 0.2) is 0 Å². The molecule has 6 rings (SSSR count). The van der Waals surface area contributed by atoms with Crippen LogP contribution in [0.3, 0.4) is 0 Å². The van der Waals surface area contributed by atoms with Crippen molar-refractivity contribution >= 4 is 23.2 Å². The van der Waals surface area contributed by atoms with Crippen molar-refractivity contribution in [1.82, 2.24) is 9.80 Å². The minimum Gasteiger partial charge on any atom is -0.492 e. The van der Waals surface area contributed by atoms with Crippen LogP contribution in [0.15, 0.2) is 64.9 Å². The van der Waals surface area contributed by atoms with E-state index in [1.807, 2.05) is 38.1 Å². The van der Waals surface area contributed by atoms with Gasteiger partial charge in [0.25, 0.3) is 0 Å². The van der Waals surface area contributed by atoms with Crippen molar-refractivity contribution in [3.8, 4) is 0 Å². The second-order valence-corrected chi connectivity index (χ2v) is 14.0. The lowest BCUT2D eigenvalue weighted by Crippen LogP contribution is -2.63. The maximum atomic E-state index is 13.7. The van der Waals surface area contributed by atoms with Crippen LogP contribution in [0.5, 0.6) is 0 Å². The number of aliphatic imine (C=N–C) groups is 1. The SMILES string of the molecule is CCC(C)C(=O)N(Cc1ccc(Cl)cc1)C1CCN(C2CC[C@]23C2C=CCN=C2COC2=CC=C(C(C)(C)O)C[C@H]23)C1. The van der Waals surface area contributed by atoms with Crippen LogP contribution in [0.2, 0.25) is 5.02 Å². The van der Waals surface area contributed by atoms with E-state index >= 15 is 0 Å². The second-order valence-electron chi connectivity index (χ2n) is 13.6. The van der Waals surface area contributed by atoms with E-state index < -0.39 is 5.60 Å². The third-order valence-electron chi connectivity index (χ3n) is 10.8. The number of benzene rings is 1. The van der Waals surface area contributed by atoms with Crippen LogP contribution in [-0.4, -0.2) is 70.5 Å². The van der Waals surface area contributed by atoms with E-state index in [1.165, 1.54) is 0 Å². The number of fused-ring (bicyclic) bond motifs is 4. The number of allylic oxidation sites excluding steroid dienone is 4. The molecule has 42 heavy (non-hydrogen) atoms. The summed E-state index contributed by atoms with van der Waals surface area (Å²) < 4.78 is 6.47. The summed E-state index contributed by atoms with van der Waals surface area (Å²) in [5, 5.41) is 11.7. The van der Waals surface area contributed by atoms with Gasteiger partial charge in [-0.1, -0.05) is 55.8 Å². The number of hydrogen-bond donors (Lipinski definition) is 1. The monoisotopic (exact) mass is 591 g/mol. The van der Waals surface area contributed by atoms with Crippen molar-refractivity contribution in [2.75, 3.05) is 26.2 Å². The number of carbonyl (C=O) groups is 1. The third kappa shape index (κ3) is 5.28. The molecule has 1 N–H and O–H groups in total. The number of amides is 1. The number of aliphatic hydroxyl groups is 1. The minimum atomic E-state index is -0.870. The van der Waals surface area contributed by atoms with Crippen molar-refractivity contribution in [1.29, 1.82) is 0 Å². The summed E-state index contributed by atoms with van der Waals surface area (Å²) in [6, 6.07) is 8.45.